The highest BCUT2D eigenvalue weighted by atomic mass is 35.5. The van der Waals surface area contributed by atoms with Gasteiger partial charge in [-0.15, -0.1) is 0 Å². The lowest BCUT2D eigenvalue weighted by molar-refractivity contribution is 0.0519. The number of halogens is 1. The Kier molecular flexibility index (Phi) is 5.12. The summed E-state index contributed by atoms with van der Waals surface area (Å²) in [7, 11) is 0. The third-order valence-corrected chi connectivity index (χ3v) is 4.50. The minimum atomic E-state index is -0.319. The number of carbonyl (C=O) groups is 1. The van der Waals surface area contributed by atoms with Crippen LogP contribution in [0, 0.1) is 6.92 Å². The van der Waals surface area contributed by atoms with E-state index in [2.05, 4.69) is 11.9 Å². The van der Waals surface area contributed by atoms with Crippen molar-refractivity contribution in [1.82, 2.24) is 4.98 Å². The van der Waals surface area contributed by atoms with Crippen molar-refractivity contribution in [3.8, 4) is 0 Å². The molecule has 0 aliphatic heterocycles. The molecule has 1 aromatic heterocycles. The molecule has 4 nitrogen and oxygen atoms in total. The number of rotatable bonds is 5. The second kappa shape index (κ2) is 6.67. The van der Waals surface area contributed by atoms with Crippen LogP contribution in [0.5, 0.6) is 0 Å². The Hall–Kier alpha value is -1.26. The van der Waals surface area contributed by atoms with Crippen molar-refractivity contribution < 1.29 is 9.53 Å². The van der Waals surface area contributed by atoms with Gasteiger partial charge in [-0.05, 0) is 50.7 Å². The summed E-state index contributed by atoms with van der Waals surface area (Å²) in [5.74, 6) is -0.319. The van der Waals surface area contributed by atoms with Crippen LogP contribution < -0.4 is 5.73 Å². The third kappa shape index (κ3) is 3.16. The highest BCUT2D eigenvalue weighted by Crippen LogP contribution is 2.39. The maximum Gasteiger partial charge on any atom is 0.355 e. The van der Waals surface area contributed by atoms with Crippen molar-refractivity contribution in [2.24, 2.45) is 5.73 Å². The van der Waals surface area contributed by atoms with E-state index in [4.69, 9.17) is 22.1 Å². The quantitative estimate of drug-likeness (QED) is 0.818. The topological polar surface area (TPSA) is 68.1 Å². The molecule has 0 aromatic carbocycles. The Balaban J connectivity index is 2.37. The van der Waals surface area contributed by atoms with Crippen molar-refractivity contribution in [2.45, 2.75) is 52.5 Å². The van der Waals surface area contributed by atoms with Crippen LogP contribution in [-0.4, -0.2) is 23.6 Å². The van der Waals surface area contributed by atoms with Crippen LogP contribution in [0.25, 0.3) is 5.03 Å². The Labute approximate surface area is 130 Å². The molecule has 1 aliphatic carbocycles. The van der Waals surface area contributed by atoms with Gasteiger partial charge in [0.2, 0.25) is 0 Å². The van der Waals surface area contributed by atoms with Gasteiger partial charge in [0.1, 0.15) is 5.69 Å². The van der Waals surface area contributed by atoms with E-state index in [0.29, 0.717) is 12.3 Å². The molecular formula is C16H23ClN2O2. The number of esters is 1. The zero-order valence-electron chi connectivity index (χ0n) is 12.9. The minimum Gasteiger partial charge on any atom is -0.461 e. The van der Waals surface area contributed by atoms with Crippen LogP contribution in [0.3, 0.4) is 0 Å². The number of fused-ring (bicyclic) bond motifs is 1. The third-order valence-electron chi connectivity index (χ3n) is 4.05. The number of H-pyrrole nitrogens is 1. The fourth-order valence-electron chi connectivity index (χ4n) is 2.77. The second-order valence-electron chi connectivity index (χ2n) is 5.49. The van der Waals surface area contributed by atoms with E-state index >= 15 is 0 Å². The van der Waals surface area contributed by atoms with Crippen molar-refractivity contribution in [2.75, 3.05) is 6.61 Å². The first-order valence-electron chi connectivity index (χ1n) is 7.51. The van der Waals surface area contributed by atoms with Crippen LogP contribution >= 0.6 is 11.6 Å². The zero-order chi connectivity index (χ0) is 15.6. The molecule has 0 saturated carbocycles. The fraction of sp³-hybridized carbons (Fsp3) is 0.562. The van der Waals surface area contributed by atoms with E-state index in [1.807, 2.05) is 6.92 Å². The van der Waals surface area contributed by atoms with E-state index in [-0.39, 0.29) is 12.0 Å². The molecule has 1 aromatic rings. The van der Waals surface area contributed by atoms with Crippen molar-refractivity contribution >= 4 is 22.6 Å². The second-order valence-corrected chi connectivity index (χ2v) is 5.87. The van der Waals surface area contributed by atoms with Gasteiger partial charge in [0.25, 0.3) is 0 Å². The molecule has 0 bridgehead atoms. The summed E-state index contributed by atoms with van der Waals surface area (Å²) >= 11 is 6.57. The molecule has 0 radical (unpaired) electrons. The number of aromatic amines is 1. The molecule has 5 heteroatoms. The summed E-state index contributed by atoms with van der Waals surface area (Å²) in [6, 6.07) is 0.138. The Morgan fingerprint density at radius 1 is 1.43 bits per heavy atom. The molecule has 1 unspecified atom stereocenters. The fourth-order valence-corrected chi connectivity index (χ4v) is 3.19. The van der Waals surface area contributed by atoms with Crippen LogP contribution in [-0.2, 0) is 11.2 Å². The zero-order valence-corrected chi connectivity index (χ0v) is 13.6. The number of hydrogen-bond acceptors (Lipinski definition) is 3. The standard InChI is InChI=1S/C16H23ClN2O2/c1-4-11(18)8-10-6-7-12-13(14(10)17)9(3)15(19-12)16(20)21-5-2/h11,19H,4-8,18H2,1-3H3. The molecule has 0 amide bonds. The molecule has 0 saturated heterocycles. The van der Waals surface area contributed by atoms with Gasteiger partial charge >= 0.3 is 5.97 Å². The molecule has 21 heavy (non-hydrogen) atoms. The monoisotopic (exact) mass is 310 g/mol. The average Bonchev–Trinajstić information content (AvgIpc) is 2.80. The predicted octanol–water partition coefficient (Wildman–Crippen LogP) is 3.52. The van der Waals surface area contributed by atoms with E-state index < -0.39 is 0 Å². The van der Waals surface area contributed by atoms with Gasteiger partial charge in [0.05, 0.1) is 6.61 Å². The lowest BCUT2D eigenvalue weighted by Gasteiger charge is -2.20. The smallest absolute Gasteiger partial charge is 0.355 e. The number of nitrogens with two attached hydrogens (primary N) is 1. The molecule has 1 atom stereocenters. The van der Waals surface area contributed by atoms with Gasteiger partial charge < -0.3 is 15.5 Å². The van der Waals surface area contributed by atoms with Crippen LogP contribution in [0.1, 0.15) is 60.4 Å². The number of aryl methyl sites for hydroxylation is 1. The molecule has 0 fully saturated rings. The number of hydrogen-bond donors (Lipinski definition) is 2. The predicted molar refractivity (Wildman–Crippen MR) is 85.5 cm³/mol. The highest BCUT2D eigenvalue weighted by Gasteiger charge is 2.26. The molecule has 116 valence electrons. The van der Waals surface area contributed by atoms with Gasteiger partial charge in [-0.2, -0.15) is 0 Å². The summed E-state index contributed by atoms with van der Waals surface area (Å²) < 4.78 is 5.08. The maximum absolute atomic E-state index is 12.0. The molecule has 3 N–H and O–H groups in total. The first-order valence-corrected chi connectivity index (χ1v) is 7.89. The Morgan fingerprint density at radius 3 is 2.76 bits per heavy atom. The Morgan fingerprint density at radius 2 is 2.14 bits per heavy atom. The molecular weight excluding hydrogens is 288 g/mol. The molecule has 1 heterocycles. The molecule has 0 spiro atoms. The van der Waals surface area contributed by atoms with Gasteiger partial charge in [0, 0.05) is 22.3 Å². The summed E-state index contributed by atoms with van der Waals surface area (Å²) in [6.07, 6.45) is 3.49. The lowest BCUT2D eigenvalue weighted by Crippen LogP contribution is -2.20. The SMILES string of the molecule is CCOC(=O)c1[nH]c2c(c1C)C(Cl)=C(CC(N)CC)CC2. The van der Waals surface area contributed by atoms with Crippen LogP contribution in [0.15, 0.2) is 5.57 Å². The maximum atomic E-state index is 12.0. The van der Waals surface area contributed by atoms with Crippen molar-refractivity contribution in [3.05, 3.63) is 28.1 Å². The van der Waals surface area contributed by atoms with Crippen LogP contribution in [0.2, 0.25) is 0 Å². The number of ether oxygens (including phenoxy) is 1. The van der Waals surface area contributed by atoms with E-state index in [1.54, 1.807) is 6.92 Å². The lowest BCUT2D eigenvalue weighted by atomic mass is 9.91. The number of nitrogens with one attached hydrogen (secondary N) is 1. The number of aromatic nitrogens is 1. The summed E-state index contributed by atoms with van der Waals surface area (Å²) in [5.41, 5.74) is 10.6. The van der Waals surface area contributed by atoms with E-state index in [1.165, 1.54) is 5.57 Å². The van der Waals surface area contributed by atoms with Gasteiger partial charge in [-0.3, -0.25) is 0 Å². The first-order chi connectivity index (χ1) is 9.99. The van der Waals surface area contributed by atoms with Crippen LogP contribution in [0.4, 0.5) is 0 Å². The molecule has 2 rings (SSSR count). The van der Waals surface area contributed by atoms with E-state index in [0.717, 1.165) is 47.5 Å². The first kappa shape index (κ1) is 16.1. The highest BCUT2D eigenvalue weighted by molar-refractivity contribution is 6.49. The average molecular weight is 311 g/mol. The van der Waals surface area contributed by atoms with Gasteiger partial charge in [-0.1, -0.05) is 18.5 Å². The minimum absolute atomic E-state index is 0.138. The Bertz CT molecular complexity index is 575. The van der Waals surface area contributed by atoms with Gasteiger partial charge in [0.15, 0.2) is 0 Å². The summed E-state index contributed by atoms with van der Waals surface area (Å²) in [5, 5.41) is 0.754. The number of carbonyl (C=O) groups excluding carboxylic acids is 1. The largest absolute Gasteiger partial charge is 0.461 e. The van der Waals surface area contributed by atoms with Crippen molar-refractivity contribution in [3.63, 3.8) is 0 Å². The summed E-state index contributed by atoms with van der Waals surface area (Å²) in [4.78, 5) is 15.1. The van der Waals surface area contributed by atoms with Gasteiger partial charge in [-0.25, -0.2) is 4.79 Å². The van der Waals surface area contributed by atoms with E-state index in [9.17, 15) is 4.79 Å². The summed E-state index contributed by atoms with van der Waals surface area (Å²) in [6.45, 7) is 6.15. The van der Waals surface area contributed by atoms with Crippen molar-refractivity contribution in [1.29, 1.82) is 0 Å². The normalized spacial score (nSPS) is 15.9. The molecule has 1 aliphatic rings.